The molecule has 72 valence electrons. The van der Waals surface area contributed by atoms with Crippen LogP contribution in [0.3, 0.4) is 0 Å². The van der Waals surface area contributed by atoms with Gasteiger partial charge in [0, 0.05) is 12.7 Å². The first-order valence-corrected chi connectivity index (χ1v) is 4.70. The van der Waals surface area contributed by atoms with Crippen LogP contribution in [0.1, 0.15) is 6.42 Å². The van der Waals surface area contributed by atoms with Gasteiger partial charge in [-0.05, 0) is 18.6 Å². The number of carbonyl (C=O) groups is 1. The first-order chi connectivity index (χ1) is 6.70. The van der Waals surface area contributed by atoms with E-state index in [-0.39, 0.29) is 11.8 Å². The maximum atomic E-state index is 11.8. The summed E-state index contributed by atoms with van der Waals surface area (Å²) >= 11 is 0. The summed E-state index contributed by atoms with van der Waals surface area (Å²) in [6, 6.07) is 9.67. The van der Waals surface area contributed by atoms with E-state index in [1.807, 2.05) is 37.4 Å². The van der Waals surface area contributed by atoms with E-state index in [1.54, 1.807) is 4.90 Å². The molecule has 1 atom stereocenters. The molecule has 0 bridgehead atoms. The maximum Gasteiger partial charge on any atom is 0.234 e. The Hall–Kier alpha value is -1.57. The van der Waals surface area contributed by atoms with Gasteiger partial charge in [-0.2, -0.15) is 0 Å². The largest absolute Gasteiger partial charge is 0.315 e. The number of anilines is 1. The van der Waals surface area contributed by atoms with Crippen molar-refractivity contribution in [3.8, 4) is 0 Å². The highest BCUT2D eigenvalue weighted by Crippen LogP contribution is 2.37. The van der Waals surface area contributed by atoms with Gasteiger partial charge in [0.2, 0.25) is 5.91 Å². The summed E-state index contributed by atoms with van der Waals surface area (Å²) in [5, 5.41) is 0. The lowest BCUT2D eigenvalue weighted by atomic mass is 10.2. The van der Waals surface area contributed by atoms with Crippen molar-refractivity contribution in [3.63, 3.8) is 0 Å². The van der Waals surface area contributed by atoms with Crippen LogP contribution in [-0.4, -0.2) is 13.0 Å². The van der Waals surface area contributed by atoms with Crippen molar-refractivity contribution < 1.29 is 4.79 Å². The zero-order valence-electron chi connectivity index (χ0n) is 8.23. The second kappa shape index (κ2) is 3.29. The number of hydrogen-bond donors (Lipinski definition) is 0. The Morgan fingerprint density at radius 1 is 1.43 bits per heavy atom. The van der Waals surface area contributed by atoms with Crippen LogP contribution >= 0.6 is 0 Å². The fourth-order valence-corrected chi connectivity index (χ4v) is 1.48. The second-order valence-electron chi connectivity index (χ2n) is 3.65. The number of para-hydroxylation sites is 1. The molecule has 0 N–H and O–H groups in total. The predicted molar refractivity (Wildman–Crippen MR) is 57.1 cm³/mol. The molecule has 2 rings (SSSR count). The average Bonchev–Trinajstić information content (AvgIpc) is 2.95. The Labute approximate surface area is 83.8 Å². The molecule has 0 saturated heterocycles. The molecule has 1 amide bonds. The Morgan fingerprint density at radius 3 is 2.50 bits per heavy atom. The van der Waals surface area contributed by atoms with E-state index >= 15 is 0 Å². The molecule has 0 aromatic heterocycles. The lowest BCUT2D eigenvalue weighted by molar-refractivity contribution is -0.119. The Bertz CT molecular complexity index is 369. The molecule has 1 aromatic rings. The molecule has 2 nitrogen and oxygen atoms in total. The molecule has 14 heavy (non-hydrogen) atoms. The minimum absolute atomic E-state index is 0.0696. The van der Waals surface area contributed by atoms with Gasteiger partial charge in [0.15, 0.2) is 0 Å². The van der Waals surface area contributed by atoms with Crippen LogP contribution in [0.4, 0.5) is 5.69 Å². The highest BCUT2D eigenvalue weighted by atomic mass is 16.2. The first kappa shape index (κ1) is 9.00. The Balaban J connectivity index is 2.12. The summed E-state index contributed by atoms with van der Waals surface area (Å²) in [4.78, 5) is 13.5. The Kier molecular flexibility index (Phi) is 2.12. The van der Waals surface area contributed by atoms with Crippen molar-refractivity contribution in [1.29, 1.82) is 0 Å². The topological polar surface area (TPSA) is 20.3 Å². The third-order valence-electron chi connectivity index (χ3n) is 2.57. The number of rotatable bonds is 2. The van der Waals surface area contributed by atoms with Crippen molar-refractivity contribution in [3.05, 3.63) is 42.5 Å². The van der Waals surface area contributed by atoms with Crippen LogP contribution < -0.4 is 4.90 Å². The van der Waals surface area contributed by atoms with Crippen molar-refractivity contribution in [2.24, 2.45) is 5.92 Å². The highest BCUT2D eigenvalue weighted by Gasteiger charge is 2.36. The van der Waals surface area contributed by atoms with Crippen LogP contribution in [0.25, 0.3) is 0 Å². The van der Waals surface area contributed by atoms with Crippen LogP contribution in [0.5, 0.6) is 0 Å². The maximum absolute atomic E-state index is 11.8. The molecule has 1 aliphatic carbocycles. The second-order valence-corrected chi connectivity index (χ2v) is 3.65. The van der Waals surface area contributed by atoms with Crippen LogP contribution in [0.2, 0.25) is 0 Å². The molecule has 1 fully saturated rings. The van der Waals surface area contributed by atoms with Gasteiger partial charge in [0.1, 0.15) is 0 Å². The fraction of sp³-hybridized carbons (Fsp3) is 0.250. The van der Waals surface area contributed by atoms with Crippen LogP contribution in [0, 0.1) is 5.92 Å². The predicted octanol–water partition coefficient (Wildman–Crippen LogP) is 2.23. The van der Waals surface area contributed by atoms with Gasteiger partial charge in [0.05, 0.1) is 5.92 Å². The molecule has 0 radical (unpaired) electrons. The summed E-state index contributed by atoms with van der Waals surface area (Å²) in [5.41, 5.74) is 2.00. The molecule has 0 heterocycles. The van der Waals surface area contributed by atoms with Gasteiger partial charge in [-0.1, -0.05) is 30.4 Å². The number of amides is 1. The summed E-state index contributed by atoms with van der Waals surface area (Å²) in [6.07, 6.45) is 0.857. The first-order valence-electron chi connectivity index (χ1n) is 4.70. The highest BCUT2D eigenvalue weighted by molar-refractivity contribution is 5.98. The van der Waals surface area contributed by atoms with Crippen molar-refractivity contribution in [2.75, 3.05) is 11.9 Å². The van der Waals surface area contributed by atoms with Gasteiger partial charge in [-0.3, -0.25) is 4.79 Å². The van der Waals surface area contributed by atoms with E-state index in [4.69, 9.17) is 0 Å². The van der Waals surface area contributed by atoms with Gasteiger partial charge in [-0.25, -0.2) is 0 Å². The summed E-state index contributed by atoms with van der Waals surface area (Å²) in [6.45, 7) is 3.80. The van der Waals surface area contributed by atoms with Gasteiger partial charge in [0.25, 0.3) is 0 Å². The summed E-state index contributed by atoms with van der Waals surface area (Å²) < 4.78 is 0. The van der Waals surface area contributed by atoms with Crippen molar-refractivity contribution in [2.45, 2.75) is 6.42 Å². The third-order valence-corrected chi connectivity index (χ3v) is 2.57. The number of benzene rings is 1. The summed E-state index contributed by atoms with van der Waals surface area (Å²) in [5.74, 6) is 0.224. The zero-order chi connectivity index (χ0) is 10.1. The molecule has 1 aromatic carbocycles. The molecule has 1 aliphatic rings. The minimum Gasteiger partial charge on any atom is -0.315 e. The molecule has 2 heteroatoms. The average molecular weight is 187 g/mol. The summed E-state index contributed by atoms with van der Waals surface area (Å²) in [7, 11) is 1.81. The lowest BCUT2D eigenvalue weighted by Crippen LogP contribution is -2.27. The fourth-order valence-electron chi connectivity index (χ4n) is 1.48. The number of hydrogen-bond acceptors (Lipinski definition) is 1. The number of carbonyl (C=O) groups excluding carboxylic acids is 1. The van der Waals surface area contributed by atoms with Gasteiger partial charge >= 0.3 is 0 Å². The van der Waals surface area contributed by atoms with E-state index in [0.717, 1.165) is 17.7 Å². The molecule has 0 aliphatic heterocycles. The van der Waals surface area contributed by atoms with Crippen molar-refractivity contribution in [1.82, 2.24) is 0 Å². The van der Waals surface area contributed by atoms with E-state index in [0.29, 0.717) is 0 Å². The smallest absolute Gasteiger partial charge is 0.234 e. The van der Waals surface area contributed by atoms with Crippen LogP contribution in [-0.2, 0) is 4.79 Å². The normalized spacial score (nSPS) is 19.2. The molecular weight excluding hydrogens is 174 g/mol. The van der Waals surface area contributed by atoms with Crippen LogP contribution in [0.15, 0.2) is 42.5 Å². The SMILES string of the molecule is C=C1CC1C(=O)N(C)c1ccccc1. The zero-order valence-corrected chi connectivity index (χ0v) is 8.23. The van der Waals surface area contributed by atoms with E-state index in [9.17, 15) is 4.79 Å². The molecule has 0 spiro atoms. The minimum atomic E-state index is 0.0696. The third kappa shape index (κ3) is 1.55. The monoisotopic (exact) mass is 187 g/mol. The molecular formula is C12H13NO. The molecule has 1 saturated carbocycles. The van der Waals surface area contributed by atoms with Gasteiger partial charge in [-0.15, -0.1) is 0 Å². The molecule has 1 unspecified atom stereocenters. The number of nitrogens with zero attached hydrogens (tertiary/aromatic N) is 1. The lowest BCUT2D eigenvalue weighted by Gasteiger charge is -2.16. The van der Waals surface area contributed by atoms with E-state index < -0.39 is 0 Å². The van der Waals surface area contributed by atoms with E-state index in [1.165, 1.54) is 0 Å². The van der Waals surface area contributed by atoms with Gasteiger partial charge < -0.3 is 4.90 Å². The van der Waals surface area contributed by atoms with Crippen molar-refractivity contribution >= 4 is 11.6 Å². The van der Waals surface area contributed by atoms with E-state index in [2.05, 4.69) is 6.58 Å². The quantitative estimate of drug-likeness (QED) is 0.650. The standard InChI is InChI=1S/C12H13NO/c1-9-8-11(9)12(14)13(2)10-6-4-3-5-7-10/h3-7,11H,1,8H2,2H3. The Morgan fingerprint density at radius 2 is 2.00 bits per heavy atom.